The molecule has 5 nitrogen and oxygen atoms in total. The molecule has 1 fully saturated rings. The summed E-state index contributed by atoms with van der Waals surface area (Å²) in [5.41, 5.74) is -0.363. The van der Waals surface area contributed by atoms with Crippen LogP contribution >= 0.6 is 0 Å². The van der Waals surface area contributed by atoms with Gasteiger partial charge in [0.25, 0.3) is 5.91 Å². The lowest BCUT2D eigenvalue weighted by atomic mass is 9.90. The van der Waals surface area contributed by atoms with Crippen LogP contribution in [0.25, 0.3) is 10.8 Å². The maximum absolute atomic E-state index is 12.8. The van der Waals surface area contributed by atoms with Crippen LogP contribution in [-0.4, -0.2) is 23.4 Å². The molecule has 3 amide bonds. The molecule has 0 aliphatic carbocycles. The van der Waals surface area contributed by atoms with Crippen LogP contribution in [0.2, 0.25) is 0 Å². The van der Waals surface area contributed by atoms with Gasteiger partial charge in [0.05, 0.1) is 12.0 Å². The van der Waals surface area contributed by atoms with E-state index in [1.165, 1.54) is 0 Å². The molecule has 3 rings (SSSR count). The first-order chi connectivity index (χ1) is 11.0. The molecule has 0 saturated carbocycles. The van der Waals surface area contributed by atoms with Crippen molar-refractivity contribution in [3.8, 4) is 6.07 Å². The van der Waals surface area contributed by atoms with E-state index in [-0.39, 0.29) is 12.5 Å². The molecule has 116 valence electrons. The van der Waals surface area contributed by atoms with Gasteiger partial charge in [-0.05, 0) is 36.2 Å². The van der Waals surface area contributed by atoms with E-state index in [9.17, 15) is 9.59 Å². The molecule has 0 aromatic heterocycles. The zero-order valence-electron chi connectivity index (χ0n) is 13.0. The fraction of sp³-hybridized carbons (Fsp3) is 0.278. The average molecular weight is 307 g/mol. The molecule has 0 spiro atoms. The summed E-state index contributed by atoms with van der Waals surface area (Å²) in [4.78, 5) is 26.1. The molecule has 2 unspecified atom stereocenters. The predicted molar refractivity (Wildman–Crippen MR) is 86.3 cm³/mol. The number of imide groups is 1. The number of benzene rings is 2. The van der Waals surface area contributed by atoms with E-state index in [2.05, 4.69) is 11.4 Å². The fourth-order valence-electron chi connectivity index (χ4n) is 2.87. The molecule has 2 atom stereocenters. The Morgan fingerprint density at radius 1 is 1.22 bits per heavy atom. The zero-order valence-corrected chi connectivity index (χ0v) is 13.0. The van der Waals surface area contributed by atoms with E-state index < -0.39 is 17.5 Å². The molecular formula is C18H17N3O2. The second-order valence-corrected chi connectivity index (χ2v) is 6.06. The second-order valence-electron chi connectivity index (χ2n) is 6.06. The van der Waals surface area contributed by atoms with Gasteiger partial charge < -0.3 is 5.32 Å². The maximum Gasteiger partial charge on any atom is 0.325 e. The third-order valence-electron chi connectivity index (χ3n) is 4.28. The Balaban J connectivity index is 1.99. The molecule has 0 radical (unpaired) electrons. The summed E-state index contributed by atoms with van der Waals surface area (Å²) in [6.45, 7) is 3.49. The first kappa shape index (κ1) is 15.0. The Morgan fingerprint density at radius 3 is 2.61 bits per heavy atom. The number of fused-ring (bicyclic) bond motifs is 1. The van der Waals surface area contributed by atoms with Gasteiger partial charge in [-0.25, -0.2) is 4.79 Å². The normalized spacial score (nSPS) is 22.0. The largest absolute Gasteiger partial charge is 0.325 e. The van der Waals surface area contributed by atoms with Crippen molar-refractivity contribution in [2.75, 3.05) is 6.54 Å². The number of urea groups is 1. The van der Waals surface area contributed by atoms with Crippen LogP contribution in [0.15, 0.2) is 42.5 Å². The highest BCUT2D eigenvalue weighted by molar-refractivity contribution is 6.07. The van der Waals surface area contributed by atoms with Crippen LogP contribution in [0.1, 0.15) is 19.4 Å². The van der Waals surface area contributed by atoms with Crippen LogP contribution in [0.3, 0.4) is 0 Å². The van der Waals surface area contributed by atoms with Crippen molar-refractivity contribution in [1.29, 1.82) is 5.26 Å². The lowest BCUT2D eigenvalue weighted by molar-refractivity contribution is -0.131. The summed E-state index contributed by atoms with van der Waals surface area (Å²) in [6.07, 6.45) is 0. The number of nitrogens with one attached hydrogen (secondary N) is 1. The van der Waals surface area contributed by atoms with Crippen LogP contribution in [0.4, 0.5) is 4.79 Å². The van der Waals surface area contributed by atoms with Gasteiger partial charge in [-0.3, -0.25) is 9.69 Å². The van der Waals surface area contributed by atoms with E-state index in [0.29, 0.717) is 0 Å². The third kappa shape index (κ3) is 2.42. The Morgan fingerprint density at radius 2 is 1.91 bits per heavy atom. The van der Waals surface area contributed by atoms with Crippen LogP contribution in [-0.2, 0) is 10.3 Å². The van der Waals surface area contributed by atoms with Crippen molar-refractivity contribution >= 4 is 22.7 Å². The summed E-state index contributed by atoms with van der Waals surface area (Å²) < 4.78 is 0. The average Bonchev–Trinajstić information content (AvgIpc) is 2.78. The van der Waals surface area contributed by atoms with Crippen LogP contribution in [0.5, 0.6) is 0 Å². The van der Waals surface area contributed by atoms with Crippen LogP contribution in [0, 0.1) is 17.2 Å². The van der Waals surface area contributed by atoms with Gasteiger partial charge in [0.15, 0.2) is 0 Å². The van der Waals surface area contributed by atoms with Crippen LogP contribution < -0.4 is 5.32 Å². The number of nitriles is 1. The van der Waals surface area contributed by atoms with Gasteiger partial charge in [0.1, 0.15) is 5.54 Å². The number of carbonyl (C=O) groups excluding carboxylic acids is 2. The second kappa shape index (κ2) is 5.40. The topological polar surface area (TPSA) is 73.2 Å². The Kier molecular flexibility index (Phi) is 3.53. The minimum Gasteiger partial charge on any atom is -0.319 e. The highest BCUT2D eigenvalue weighted by atomic mass is 16.2. The fourth-order valence-corrected chi connectivity index (χ4v) is 2.87. The predicted octanol–water partition coefficient (Wildman–Crippen LogP) is 2.77. The van der Waals surface area contributed by atoms with Gasteiger partial charge in [-0.2, -0.15) is 5.26 Å². The molecule has 2 aromatic rings. The van der Waals surface area contributed by atoms with Crippen molar-refractivity contribution in [3.63, 3.8) is 0 Å². The highest BCUT2D eigenvalue weighted by Gasteiger charge is 2.49. The van der Waals surface area contributed by atoms with Gasteiger partial charge in [0.2, 0.25) is 0 Å². The third-order valence-corrected chi connectivity index (χ3v) is 4.28. The first-order valence-corrected chi connectivity index (χ1v) is 7.48. The molecule has 23 heavy (non-hydrogen) atoms. The van der Waals surface area contributed by atoms with E-state index >= 15 is 0 Å². The van der Waals surface area contributed by atoms with Gasteiger partial charge >= 0.3 is 6.03 Å². The van der Waals surface area contributed by atoms with Gasteiger partial charge in [0, 0.05) is 6.54 Å². The van der Waals surface area contributed by atoms with Crippen molar-refractivity contribution in [2.45, 2.75) is 19.4 Å². The summed E-state index contributed by atoms with van der Waals surface area (Å²) in [7, 11) is 0. The molecule has 2 aromatic carbocycles. The number of carbonyl (C=O) groups is 2. The lowest BCUT2D eigenvalue weighted by Crippen LogP contribution is -2.41. The molecule has 1 aliphatic heterocycles. The Labute approximate surface area is 134 Å². The van der Waals surface area contributed by atoms with Gasteiger partial charge in [-0.1, -0.05) is 36.4 Å². The van der Waals surface area contributed by atoms with E-state index in [0.717, 1.165) is 21.2 Å². The molecule has 5 heteroatoms. The molecule has 0 bridgehead atoms. The smallest absolute Gasteiger partial charge is 0.319 e. The summed E-state index contributed by atoms with van der Waals surface area (Å²) in [6, 6.07) is 15.2. The summed E-state index contributed by atoms with van der Waals surface area (Å²) >= 11 is 0. The number of hydrogen-bond donors (Lipinski definition) is 1. The first-order valence-electron chi connectivity index (χ1n) is 7.48. The monoisotopic (exact) mass is 307 g/mol. The molecule has 1 heterocycles. The van der Waals surface area contributed by atoms with E-state index in [4.69, 9.17) is 5.26 Å². The number of nitrogens with zero attached hydrogens (tertiary/aromatic N) is 2. The summed E-state index contributed by atoms with van der Waals surface area (Å²) in [5.74, 6) is -0.719. The Bertz CT molecular complexity index is 840. The SMILES string of the molecule is CC(C#N)CN1C(=O)NC(C)(c2ccc3ccccc3c2)C1=O. The highest BCUT2D eigenvalue weighted by Crippen LogP contribution is 2.31. The molecule has 1 aliphatic rings. The zero-order chi connectivity index (χ0) is 16.6. The van der Waals surface area contributed by atoms with Crippen molar-refractivity contribution < 1.29 is 9.59 Å². The lowest BCUT2D eigenvalue weighted by Gasteiger charge is -2.23. The molecule has 1 saturated heterocycles. The van der Waals surface area contributed by atoms with Gasteiger partial charge in [-0.15, -0.1) is 0 Å². The maximum atomic E-state index is 12.8. The standard InChI is InChI=1S/C18H17N3O2/c1-12(10-19)11-21-16(22)18(2,20-17(21)23)15-8-7-13-5-3-4-6-14(13)9-15/h3-9,12H,11H2,1-2H3,(H,20,23). The molecule has 1 N–H and O–H groups in total. The number of rotatable bonds is 3. The van der Waals surface area contributed by atoms with Crippen molar-refractivity contribution in [3.05, 3.63) is 48.0 Å². The molecular weight excluding hydrogens is 290 g/mol. The minimum absolute atomic E-state index is 0.102. The van der Waals surface area contributed by atoms with E-state index in [1.807, 2.05) is 42.5 Å². The van der Waals surface area contributed by atoms with Crippen molar-refractivity contribution in [1.82, 2.24) is 10.2 Å². The van der Waals surface area contributed by atoms with Crippen molar-refractivity contribution in [2.24, 2.45) is 5.92 Å². The Hall–Kier alpha value is -2.87. The van der Waals surface area contributed by atoms with E-state index in [1.54, 1.807) is 13.8 Å². The number of amides is 3. The quantitative estimate of drug-likeness (QED) is 0.886. The summed E-state index contributed by atoms with van der Waals surface area (Å²) in [5, 5.41) is 13.8. The number of hydrogen-bond acceptors (Lipinski definition) is 3. The minimum atomic E-state index is -1.10.